The molecular formula is C21H27ClN2O. The molecule has 1 aromatic heterocycles. The van der Waals surface area contributed by atoms with Crippen molar-refractivity contribution in [1.82, 2.24) is 9.88 Å². The van der Waals surface area contributed by atoms with Gasteiger partial charge in [-0.2, -0.15) is 0 Å². The number of unbranched alkanes of at least 4 members (excludes halogenated alkanes) is 1. The first-order chi connectivity index (χ1) is 12.3. The third-order valence-electron chi connectivity index (χ3n) is 4.82. The molecule has 4 heteroatoms. The van der Waals surface area contributed by atoms with E-state index in [1.54, 1.807) is 0 Å². The summed E-state index contributed by atoms with van der Waals surface area (Å²) in [7, 11) is 0. The summed E-state index contributed by atoms with van der Waals surface area (Å²) in [6.07, 6.45) is 6.68. The first-order valence-electron chi connectivity index (χ1n) is 9.30. The second kappa shape index (κ2) is 9.33. The maximum Gasteiger partial charge on any atom is 0.125 e. The summed E-state index contributed by atoms with van der Waals surface area (Å²) < 4.78 is 6.52. The van der Waals surface area contributed by atoms with Crippen LogP contribution < -0.4 is 0 Å². The van der Waals surface area contributed by atoms with Gasteiger partial charge in [-0.1, -0.05) is 43.1 Å². The van der Waals surface area contributed by atoms with Crippen molar-refractivity contribution in [2.45, 2.75) is 44.8 Å². The third kappa shape index (κ3) is 5.27. The highest BCUT2D eigenvalue weighted by molar-refractivity contribution is 6.30. The summed E-state index contributed by atoms with van der Waals surface area (Å²) in [5, 5.41) is 0.743. The van der Waals surface area contributed by atoms with Crippen molar-refractivity contribution >= 4 is 11.6 Å². The maximum atomic E-state index is 6.52. The van der Waals surface area contributed by atoms with Crippen LogP contribution >= 0.6 is 11.6 Å². The molecule has 2 heterocycles. The van der Waals surface area contributed by atoms with Crippen molar-refractivity contribution in [3.05, 3.63) is 64.9 Å². The van der Waals surface area contributed by atoms with Crippen LogP contribution in [0.5, 0.6) is 0 Å². The highest BCUT2D eigenvalue weighted by Gasteiger charge is 2.25. The SMILES string of the molecule is CCCCN1CCC(O[C@@H](c2ccc(Cl)cc2)c2ccccn2)CC1. The molecule has 1 fully saturated rings. The Bertz CT molecular complexity index is 624. The third-order valence-corrected chi connectivity index (χ3v) is 5.07. The number of hydrogen-bond acceptors (Lipinski definition) is 3. The Balaban J connectivity index is 1.68. The van der Waals surface area contributed by atoms with Crippen molar-refractivity contribution in [3.8, 4) is 0 Å². The van der Waals surface area contributed by atoms with Gasteiger partial charge in [-0.3, -0.25) is 4.98 Å². The van der Waals surface area contributed by atoms with E-state index in [1.807, 2.05) is 48.7 Å². The maximum absolute atomic E-state index is 6.52. The minimum atomic E-state index is -0.134. The van der Waals surface area contributed by atoms with E-state index < -0.39 is 0 Å². The number of rotatable bonds is 7. The molecule has 25 heavy (non-hydrogen) atoms. The van der Waals surface area contributed by atoms with Gasteiger partial charge in [0.05, 0.1) is 11.8 Å². The van der Waals surface area contributed by atoms with Crippen molar-refractivity contribution in [2.75, 3.05) is 19.6 Å². The van der Waals surface area contributed by atoms with Gasteiger partial charge < -0.3 is 9.64 Å². The first-order valence-corrected chi connectivity index (χ1v) is 9.68. The molecule has 1 aromatic carbocycles. The normalized spacial score (nSPS) is 17.5. The van der Waals surface area contributed by atoms with E-state index in [4.69, 9.17) is 16.3 Å². The fourth-order valence-electron chi connectivity index (χ4n) is 3.33. The molecule has 1 atom stereocenters. The summed E-state index contributed by atoms with van der Waals surface area (Å²) >= 11 is 6.05. The molecule has 3 nitrogen and oxygen atoms in total. The van der Waals surface area contributed by atoms with E-state index in [-0.39, 0.29) is 12.2 Å². The Kier molecular flexibility index (Phi) is 6.85. The van der Waals surface area contributed by atoms with Gasteiger partial charge in [0.1, 0.15) is 6.10 Å². The summed E-state index contributed by atoms with van der Waals surface area (Å²) in [6, 6.07) is 13.9. The lowest BCUT2D eigenvalue weighted by atomic mass is 10.0. The van der Waals surface area contributed by atoms with Crippen molar-refractivity contribution < 1.29 is 4.74 Å². The number of nitrogens with zero attached hydrogens (tertiary/aromatic N) is 2. The van der Waals surface area contributed by atoms with Crippen LogP contribution in [0.3, 0.4) is 0 Å². The van der Waals surface area contributed by atoms with Crippen LogP contribution in [0, 0.1) is 0 Å². The zero-order valence-electron chi connectivity index (χ0n) is 14.9. The standard InChI is InChI=1S/C21H27ClN2O/c1-2-3-14-24-15-11-19(12-16-24)25-21(20-6-4-5-13-23-20)17-7-9-18(22)10-8-17/h4-10,13,19,21H,2-3,11-12,14-16H2,1H3/t21-/m0/s1. The minimum absolute atomic E-state index is 0.134. The molecule has 134 valence electrons. The topological polar surface area (TPSA) is 25.4 Å². The number of piperidine rings is 1. The van der Waals surface area contributed by atoms with E-state index >= 15 is 0 Å². The van der Waals surface area contributed by atoms with Crippen LogP contribution in [-0.2, 0) is 4.74 Å². The van der Waals surface area contributed by atoms with Crippen LogP contribution in [0.1, 0.15) is 50.0 Å². The molecule has 3 rings (SSSR count). The van der Waals surface area contributed by atoms with E-state index in [0.717, 1.165) is 42.2 Å². The van der Waals surface area contributed by atoms with E-state index in [0.29, 0.717) is 0 Å². The van der Waals surface area contributed by atoms with E-state index in [1.165, 1.54) is 19.4 Å². The van der Waals surface area contributed by atoms with Crippen molar-refractivity contribution in [3.63, 3.8) is 0 Å². The largest absolute Gasteiger partial charge is 0.364 e. The van der Waals surface area contributed by atoms with Gasteiger partial charge in [-0.25, -0.2) is 0 Å². The summed E-state index contributed by atoms with van der Waals surface area (Å²) in [5.41, 5.74) is 2.06. The van der Waals surface area contributed by atoms with Crippen LogP contribution in [0.2, 0.25) is 5.02 Å². The summed E-state index contributed by atoms with van der Waals surface area (Å²) in [6.45, 7) is 5.71. The Labute approximate surface area is 156 Å². The summed E-state index contributed by atoms with van der Waals surface area (Å²) in [4.78, 5) is 7.09. The number of benzene rings is 1. The Hall–Kier alpha value is -1.42. The predicted molar refractivity (Wildman–Crippen MR) is 103 cm³/mol. The molecule has 2 aromatic rings. The molecule has 0 unspecified atom stereocenters. The number of halogens is 1. The molecule has 1 saturated heterocycles. The molecule has 1 aliphatic rings. The van der Waals surface area contributed by atoms with E-state index in [2.05, 4.69) is 16.8 Å². The molecule has 0 N–H and O–H groups in total. The van der Waals surface area contributed by atoms with Crippen LogP contribution in [0.25, 0.3) is 0 Å². The number of likely N-dealkylation sites (tertiary alicyclic amines) is 1. The lowest BCUT2D eigenvalue weighted by Crippen LogP contribution is -2.38. The highest BCUT2D eigenvalue weighted by atomic mass is 35.5. The van der Waals surface area contributed by atoms with Gasteiger partial charge in [0, 0.05) is 24.3 Å². The number of hydrogen-bond donors (Lipinski definition) is 0. The molecule has 0 bridgehead atoms. The van der Waals surface area contributed by atoms with Gasteiger partial charge in [-0.15, -0.1) is 0 Å². The lowest BCUT2D eigenvalue weighted by molar-refractivity contribution is -0.0286. The molecule has 0 amide bonds. The van der Waals surface area contributed by atoms with E-state index in [9.17, 15) is 0 Å². The zero-order chi connectivity index (χ0) is 17.5. The van der Waals surface area contributed by atoms with Gasteiger partial charge >= 0.3 is 0 Å². The molecule has 0 aliphatic carbocycles. The van der Waals surface area contributed by atoms with Crippen LogP contribution in [0.4, 0.5) is 0 Å². The molecule has 1 aliphatic heterocycles. The van der Waals surface area contributed by atoms with Crippen LogP contribution in [-0.4, -0.2) is 35.6 Å². The van der Waals surface area contributed by atoms with Gasteiger partial charge in [0.15, 0.2) is 0 Å². The second-order valence-electron chi connectivity index (χ2n) is 6.72. The van der Waals surface area contributed by atoms with Crippen molar-refractivity contribution in [1.29, 1.82) is 0 Å². The van der Waals surface area contributed by atoms with Gasteiger partial charge in [0.2, 0.25) is 0 Å². The van der Waals surface area contributed by atoms with Crippen LogP contribution in [0.15, 0.2) is 48.7 Å². The molecule has 0 radical (unpaired) electrons. The minimum Gasteiger partial charge on any atom is -0.364 e. The average molecular weight is 359 g/mol. The first kappa shape index (κ1) is 18.4. The number of pyridine rings is 1. The zero-order valence-corrected chi connectivity index (χ0v) is 15.7. The average Bonchev–Trinajstić information content (AvgIpc) is 2.67. The molecule has 0 spiro atoms. The number of aromatic nitrogens is 1. The summed E-state index contributed by atoms with van der Waals surface area (Å²) in [5.74, 6) is 0. The number of ether oxygens (including phenoxy) is 1. The fraction of sp³-hybridized carbons (Fsp3) is 0.476. The molecular weight excluding hydrogens is 332 g/mol. The smallest absolute Gasteiger partial charge is 0.125 e. The second-order valence-corrected chi connectivity index (χ2v) is 7.15. The Morgan fingerprint density at radius 2 is 1.92 bits per heavy atom. The van der Waals surface area contributed by atoms with Gasteiger partial charge in [-0.05, 0) is 55.6 Å². The molecule has 0 saturated carbocycles. The highest BCUT2D eigenvalue weighted by Crippen LogP contribution is 2.29. The quantitative estimate of drug-likeness (QED) is 0.688. The Morgan fingerprint density at radius 1 is 1.16 bits per heavy atom. The predicted octanol–water partition coefficient (Wildman–Crippen LogP) is 5.11. The Morgan fingerprint density at radius 3 is 2.56 bits per heavy atom. The monoisotopic (exact) mass is 358 g/mol. The lowest BCUT2D eigenvalue weighted by Gasteiger charge is -2.34. The fourth-order valence-corrected chi connectivity index (χ4v) is 3.46. The van der Waals surface area contributed by atoms with Gasteiger partial charge in [0.25, 0.3) is 0 Å². The van der Waals surface area contributed by atoms with Crippen molar-refractivity contribution in [2.24, 2.45) is 0 Å².